The van der Waals surface area contributed by atoms with E-state index in [2.05, 4.69) is 27.9 Å². The van der Waals surface area contributed by atoms with Gasteiger partial charge in [0.05, 0.1) is 19.8 Å². The third-order valence-electron chi connectivity index (χ3n) is 3.44. The van der Waals surface area contributed by atoms with Gasteiger partial charge in [0.25, 0.3) is 5.91 Å². The van der Waals surface area contributed by atoms with Crippen LogP contribution in [0.4, 0.5) is 0 Å². The molecule has 0 spiro atoms. The van der Waals surface area contributed by atoms with Crippen LogP contribution < -0.4 is 20.5 Å². The van der Waals surface area contributed by atoms with Gasteiger partial charge >= 0.3 is 0 Å². The summed E-state index contributed by atoms with van der Waals surface area (Å²) in [6, 6.07) is 3.53. The first-order valence-electron chi connectivity index (χ1n) is 6.52. The zero-order chi connectivity index (χ0) is 14.7. The lowest BCUT2D eigenvalue weighted by atomic mass is 10.1. The molecule has 3 N–H and O–H groups in total. The second-order valence-corrected chi connectivity index (χ2v) is 6.06. The number of nitrogens with two attached hydrogens (primary N) is 1. The SMILES string of the molecule is COc1cc(I)c(C(=O)NCC(N)C2CC2)cc1OC. The van der Waals surface area contributed by atoms with Crippen molar-refractivity contribution >= 4 is 28.5 Å². The average Bonchev–Trinajstić information content (AvgIpc) is 3.28. The van der Waals surface area contributed by atoms with Crippen molar-refractivity contribution in [3.05, 3.63) is 21.3 Å². The summed E-state index contributed by atoms with van der Waals surface area (Å²) in [7, 11) is 3.12. The van der Waals surface area contributed by atoms with Crippen LogP contribution in [0.25, 0.3) is 0 Å². The zero-order valence-corrected chi connectivity index (χ0v) is 13.8. The highest BCUT2D eigenvalue weighted by atomic mass is 127. The highest BCUT2D eigenvalue weighted by Crippen LogP contribution is 2.32. The maximum absolute atomic E-state index is 12.2. The van der Waals surface area contributed by atoms with Gasteiger partial charge in [-0.25, -0.2) is 0 Å². The summed E-state index contributed by atoms with van der Waals surface area (Å²) in [5.74, 6) is 1.60. The van der Waals surface area contributed by atoms with Gasteiger partial charge in [-0.3, -0.25) is 4.79 Å². The van der Waals surface area contributed by atoms with Gasteiger partial charge in [-0.2, -0.15) is 0 Å². The Morgan fingerprint density at radius 3 is 2.55 bits per heavy atom. The molecule has 110 valence electrons. The molecule has 1 saturated carbocycles. The van der Waals surface area contributed by atoms with Crippen molar-refractivity contribution in [1.29, 1.82) is 0 Å². The normalized spacial score (nSPS) is 15.6. The van der Waals surface area contributed by atoms with Crippen molar-refractivity contribution in [1.82, 2.24) is 5.32 Å². The van der Waals surface area contributed by atoms with Crippen LogP contribution in [0, 0.1) is 9.49 Å². The molecule has 5 nitrogen and oxygen atoms in total. The van der Waals surface area contributed by atoms with E-state index in [1.807, 2.05) is 0 Å². The molecule has 1 atom stereocenters. The maximum Gasteiger partial charge on any atom is 0.252 e. The highest BCUT2D eigenvalue weighted by molar-refractivity contribution is 14.1. The molecule has 0 saturated heterocycles. The lowest BCUT2D eigenvalue weighted by Gasteiger charge is -2.14. The minimum atomic E-state index is -0.133. The van der Waals surface area contributed by atoms with Crippen molar-refractivity contribution in [3.8, 4) is 11.5 Å². The van der Waals surface area contributed by atoms with Gasteiger partial charge in [-0.1, -0.05) is 0 Å². The Labute approximate surface area is 132 Å². The monoisotopic (exact) mass is 390 g/mol. The first-order valence-corrected chi connectivity index (χ1v) is 7.60. The van der Waals surface area contributed by atoms with Crippen molar-refractivity contribution in [2.75, 3.05) is 20.8 Å². The van der Waals surface area contributed by atoms with Gasteiger partial charge in [-0.15, -0.1) is 0 Å². The molecule has 0 heterocycles. The van der Waals surface area contributed by atoms with E-state index < -0.39 is 0 Å². The van der Waals surface area contributed by atoms with Crippen molar-refractivity contribution in [2.24, 2.45) is 11.7 Å². The number of methoxy groups -OCH3 is 2. The summed E-state index contributed by atoms with van der Waals surface area (Å²) >= 11 is 2.11. The fourth-order valence-corrected chi connectivity index (χ4v) is 2.71. The number of benzene rings is 1. The van der Waals surface area contributed by atoms with Gasteiger partial charge in [0, 0.05) is 16.2 Å². The Balaban J connectivity index is 2.08. The summed E-state index contributed by atoms with van der Waals surface area (Å²) in [5, 5.41) is 2.88. The number of rotatable bonds is 6. The van der Waals surface area contributed by atoms with Crippen LogP contribution >= 0.6 is 22.6 Å². The largest absolute Gasteiger partial charge is 0.493 e. The number of ether oxygens (including phenoxy) is 2. The van der Waals surface area contributed by atoms with E-state index in [0.29, 0.717) is 29.5 Å². The molecular formula is C14H19IN2O3. The Morgan fingerprint density at radius 2 is 2.00 bits per heavy atom. The van der Waals surface area contributed by atoms with Crippen molar-refractivity contribution in [3.63, 3.8) is 0 Å². The molecule has 0 bridgehead atoms. The van der Waals surface area contributed by atoms with E-state index in [9.17, 15) is 4.79 Å². The summed E-state index contributed by atoms with van der Waals surface area (Å²) in [6.07, 6.45) is 2.34. The molecule has 0 aliphatic heterocycles. The Kier molecular flexibility index (Phi) is 5.09. The highest BCUT2D eigenvalue weighted by Gasteiger charge is 2.28. The van der Waals surface area contributed by atoms with Gasteiger partial charge in [-0.05, 0) is 53.5 Å². The number of halogens is 1. The predicted octanol–water partition coefficient (Wildman–Crippen LogP) is 1.78. The number of hydrogen-bond donors (Lipinski definition) is 2. The maximum atomic E-state index is 12.2. The molecular weight excluding hydrogens is 371 g/mol. The number of carbonyl (C=O) groups excluding carboxylic acids is 1. The standard InChI is InChI=1S/C14H19IN2O3/c1-19-12-5-9(10(15)6-13(12)20-2)14(18)17-7-11(16)8-3-4-8/h5-6,8,11H,3-4,7,16H2,1-2H3,(H,17,18). The quantitative estimate of drug-likeness (QED) is 0.727. The summed E-state index contributed by atoms with van der Waals surface area (Å²) in [4.78, 5) is 12.2. The van der Waals surface area contributed by atoms with Crippen LogP contribution in [0.15, 0.2) is 12.1 Å². The predicted molar refractivity (Wildman–Crippen MR) is 85.3 cm³/mol. The third-order valence-corrected chi connectivity index (χ3v) is 4.34. The van der Waals surface area contributed by atoms with E-state index in [-0.39, 0.29) is 11.9 Å². The molecule has 0 aromatic heterocycles. The topological polar surface area (TPSA) is 73.6 Å². The first kappa shape index (κ1) is 15.4. The second-order valence-electron chi connectivity index (χ2n) is 4.90. The lowest BCUT2D eigenvalue weighted by molar-refractivity contribution is 0.0949. The Hall–Kier alpha value is -1.02. The number of amides is 1. The first-order chi connectivity index (χ1) is 9.56. The van der Waals surface area contributed by atoms with Gasteiger partial charge in [0.15, 0.2) is 11.5 Å². The zero-order valence-electron chi connectivity index (χ0n) is 11.6. The molecule has 20 heavy (non-hydrogen) atoms. The minimum absolute atomic E-state index is 0.0526. The fourth-order valence-electron chi connectivity index (χ4n) is 2.03. The molecule has 1 unspecified atom stereocenters. The van der Waals surface area contributed by atoms with Crippen LogP contribution in [0.2, 0.25) is 0 Å². The van der Waals surface area contributed by atoms with Crippen LogP contribution in [-0.4, -0.2) is 32.7 Å². The third kappa shape index (κ3) is 3.54. The Morgan fingerprint density at radius 1 is 1.40 bits per heavy atom. The van der Waals surface area contributed by atoms with E-state index >= 15 is 0 Å². The summed E-state index contributed by atoms with van der Waals surface area (Å²) in [6.45, 7) is 0.508. The summed E-state index contributed by atoms with van der Waals surface area (Å²) in [5.41, 5.74) is 6.56. The van der Waals surface area contributed by atoms with Gasteiger partial charge < -0.3 is 20.5 Å². The van der Waals surface area contributed by atoms with Crippen LogP contribution in [0.5, 0.6) is 11.5 Å². The van der Waals surface area contributed by atoms with Crippen molar-refractivity contribution < 1.29 is 14.3 Å². The fraction of sp³-hybridized carbons (Fsp3) is 0.500. The molecule has 6 heteroatoms. The smallest absolute Gasteiger partial charge is 0.252 e. The van der Waals surface area contributed by atoms with Crippen LogP contribution in [-0.2, 0) is 0 Å². The van der Waals surface area contributed by atoms with Crippen LogP contribution in [0.1, 0.15) is 23.2 Å². The van der Waals surface area contributed by atoms with E-state index in [4.69, 9.17) is 15.2 Å². The summed E-state index contributed by atoms with van der Waals surface area (Å²) < 4.78 is 11.2. The Bertz CT molecular complexity index is 503. The number of hydrogen-bond acceptors (Lipinski definition) is 4. The van der Waals surface area contributed by atoms with Gasteiger partial charge in [0.1, 0.15) is 0 Å². The van der Waals surface area contributed by atoms with E-state index in [1.54, 1.807) is 26.4 Å². The van der Waals surface area contributed by atoms with Gasteiger partial charge in [0.2, 0.25) is 0 Å². The molecule has 1 aliphatic rings. The average molecular weight is 390 g/mol. The molecule has 1 aromatic carbocycles. The number of carbonyl (C=O) groups is 1. The van der Waals surface area contributed by atoms with E-state index in [0.717, 1.165) is 3.57 Å². The molecule has 0 radical (unpaired) electrons. The second kappa shape index (κ2) is 6.62. The molecule has 1 amide bonds. The molecule has 1 aromatic rings. The van der Waals surface area contributed by atoms with E-state index in [1.165, 1.54) is 12.8 Å². The van der Waals surface area contributed by atoms with Crippen LogP contribution in [0.3, 0.4) is 0 Å². The molecule has 1 fully saturated rings. The minimum Gasteiger partial charge on any atom is -0.493 e. The molecule has 2 rings (SSSR count). The molecule has 1 aliphatic carbocycles. The van der Waals surface area contributed by atoms with Crippen molar-refractivity contribution in [2.45, 2.75) is 18.9 Å². The lowest BCUT2D eigenvalue weighted by Crippen LogP contribution is -2.38. The number of nitrogens with one attached hydrogen (secondary N) is 1.